The quantitative estimate of drug-likeness (QED) is 0.202. The van der Waals surface area contributed by atoms with Crippen molar-refractivity contribution in [2.45, 2.75) is 125 Å². The lowest BCUT2D eigenvalue weighted by Crippen LogP contribution is -2.64. The predicted molar refractivity (Wildman–Crippen MR) is 163 cm³/mol. The molecule has 0 aromatic rings. The summed E-state index contributed by atoms with van der Waals surface area (Å²) in [6.07, 6.45) is 11.9. The SMILES string of the molecule is C=C(C)C1CCC2(C(=O)O)CCC3C(CCC4[C@@]3(C)CCC3C(C)(C)[C@@H](OC(=O)[C@@H]5C[C@H](C=O)C5(C)C)CC[C@@]34C)C12. The zero-order chi connectivity index (χ0) is 30.6. The van der Waals surface area contributed by atoms with Gasteiger partial charge in [-0.1, -0.05) is 53.7 Å². The predicted octanol–water partition coefficient (Wildman–Crippen LogP) is 8.11. The molecule has 5 heteroatoms. The summed E-state index contributed by atoms with van der Waals surface area (Å²) in [6.45, 7) is 20.4. The van der Waals surface area contributed by atoms with Crippen LogP contribution in [0.1, 0.15) is 119 Å². The minimum Gasteiger partial charge on any atom is -0.481 e. The smallest absolute Gasteiger partial charge is 0.309 e. The van der Waals surface area contributed by atoms with E-state index >= 15 is 0 Å². The van der Waals surface area contributed by atoms with Crippen LogP contribution < -0.4 is 0 Å². The van der Waals surface area contributed by atoms with E-state index in [1.165, 1.54) is 18.4 Å². The van der Waals surface area contributed by atoms with Gasteiger partial charge in [-0.25, -0.2) is 0 Å². The van der Waals surface area contributed by atoms with Gasteiger partial charge in [0.05, 0.1) is 11.3 Å². The lowest BCUT2D eigenvalue weighted by Gasteiger charge is -2.69. The maximum atomic E-state index is 13.4. The average molecular weight is 581 g/mol. The van der Waals surface area contributed by atoms with Gasteiger partial charge in [-0.3, -0.25) is 9.59 Å². The Hall–Kier alpha value is -1.65. The molecule has 0 aromatic carbocycles. The summed E-state index contributed by atoms with van der Waals surface area (Å²) < 4.78 is 6.38. The number of carbonyl (C=O) groups is 3. The molecule has 0 aromatic heterocycles. The number of rotatable bonds is 5. The first-order chi connectivity index (χ1) is 19.6. The third kappa shape index (κ3) is 3.88. The lowest BCUT2D eigenvalue weighted by atomic mass is 9.36. The molecule has 6 saturated carbocycles. The maximum absolute atomic E-state index is 13.4. The number of aldehydes is 1. The fourth-order valence-electron chi connectivity index (χ4n) is 13.2. The molecule has 5 nitrogen and oxygen atoms in total. The van der Waals surface area contributed by atoms with Gasteiger partial charge in [0.15, 0.2) is 0 Å². The van der Waals surface area contributed by atoms with Gasteiger partial charge in [0.1, 0.15) is 12.4 Å². The summed E-state index contributed by atoms with van der Waals surface area (Å²) in [7, 11) is 0. The summed E-state index contributed by atoms with van der Waals surface area (Å²) >= 11 is 0. The highest BCUT2D eigenvalue weighted by molar-refractivity contribution is 5.78. The van der Waals surface area contributed by atoms with Gasteiger partial charge >= 0.3 is 11.9 Å². The highest BCUT2D eigenvalue weighted by atomic mass is 16.5. The normalized spacial score (nSPS) is 50.1. The number of ether oxygens (including phenoxy) is 1. The van der Waals surface area contributed by atoms with Crippen LogP contribution in [0.25, 0.3) is 0 Å². The van der Waals surface area contributed by atoms with Crippen LogP contribution in [0.4, 0.5) is 0 Å². The van der Waals surface area contributed by atoms with Crippen molar-refractivity contribution in [1.82, 2.24) is 0 Å². The molecule has 0 bridgehead atoms. The van der Waals surface area contributed by atoms with Crippen molar-refractivity contribution in [3.05, 3.63) is 12.2 Å². The standard InChI is InChI=1S/C37H56O5/c1-21(2)23-11-17-37(32(40)41)18-12-25-24(30(23)37)9-10-28-35(25,7)15-13-27-34(5,6)29(14-16-36(27,28)8)42-31(39)26-19-22(20-38)33(26,3)4/h20,22-30H,1,9-19H2,2-8H3,(H,40,41)/t22-,23?,24?,25?,26+,27?,28?,29+,30?,35+,36+,37?/m1/s1. The van der Waals surface area contributed by atoms with Crippen molar-refractivity contribution in [3.63, 3.8) is 0 Å². The van der Waals surface area contributed by atoms with Crippen LogP contribution in [-0.2, 0) is 19.1 Å². The monoisotopic (exact) mass is 580 g/mol. The molecule has 0 heterocycles. The first kappa shape index (κ1) is 30.4. The van der Waals surface area contributed by atoms with Gasteiger partial charge in [-0.05, 0) is 129 Å². The number of allylic oxidation sites excluding steroid dienone is 1. The first-order valence-electron chi connectivity index (χ1n) is 17.1. The van der Waals surface area contributed by atoms with Crippen molar-refractivity contribution >= 4 is 18.2 Å². The molecule has 12 atom stereocenters. The number of carboxylic acid groups (broad SMARTS) is 1. The highest BCUT2D eigenvalue weighted by Crippen LogP contribution is 2.74. The second-order valence-electron chi connectivity index (χ2n) is 17.7. The zero-order valence-corrected chi connectivity index (χ0v) is 27.3. The van der Waals surface area contributed by atoms with Crippen LogP contribution in [0.15, 0.2) is 12.2 Å². The van der Waals surface area contributed by atoms with Crippen LogP contribution in [0, 0.1) is 74.4 Å². The number of hydrogen-bond donors (Lipinski definition) is 1. The molecule has 0 amide bonds. The van der Waals surface area contributed by atoms with E-state index in [2.05, 4.69) is 41.2 Å². The van der Waals surface area contributed by atoms with Crippen LogP contribution in [0.2, 0.25) is 0 Å². The maximum Gasteiger partial charge on any atom is 0.309 e. The van der Waals surface area contributed by atoms with E-state index in [1.807, 2.05) is 13.8 Å². The zero-order valence-electron chi connectivity index (χ0n) is 27.3. The van der Waals surface area contributed by atoms with Crippen molar-refractivity contribution < 1.29 is 24.2 Å². The van der Waals surface area contributed by atoms with Crippen molar-refractivity contribution in [3.8, 4) is 0 Å². The minimum atomic E-state index is -0.556. The average Bonchev–Trinajstić information content (AvgIpc) is 3.32. The van der Waals surface area contributed by atoms with Gasteiger partial charge in [0.25, 0.3) is 0 Å². The highest BCUT2D eigenvalue weighted by Gasteiger charge is 2.69. The van der Waals surface area contributed by atoms with Crippen LogP contribution in [0.5, 0.6) is 0 Å². The summed E-state index contributed by atoms with van der Waals surface area (Å²) in [4.78, 5) is 37.7. The van der Waals surface area contributed by atoms with Gasteiger partial charge in [-0.2, -0.15) is 0 Å². The summed E-state index contributed by atoms with van der Waals surface area (Å²) in [5.74, 6) is 1.82. The molecule has 1 N–H and O–H groups in total. The Balaban J connectivity index is 1.23. The Labute approximate surface area is 254 Å². The van der Waals surface area contributed by atoms with E-state index in [1.54, 1.807) is 0 Å². The van der Waals surface area contributed by atoms with E-state index in [4.69, 9.17) is 4.74 Å². The Morgan fingerprint density at radius 2 is 1.50 bits per heavy atom. The van der Waals surface area contributed by atoms with E-state index < -0.39 is 11.4 Å². The molecule has 0 spiro atoms. The van der Waals surface area contributed by atoms with E-state index in [0.29, 0.717) is 36.0 Å². The number of hydrogen-bond acceptors (Lipinski definition) is 4. The third-order valence-corrected chi connectivity index (χ3v) is 15.6. The minimum absolute atomic E-state index is 0.0563. The molecule has 6 aliphatic rings. The molecule has 6 fully saturated rings. The third-order valence-electron chi connectivity index (χ3n) is 15.6. The van der Waals surface area contributed by atoms with Crippen molar-refractivity contribution in [2.75, 3.05) is 0 Å². The van der Waals surface area contributed by atoms with Gasteiger partial charge in [-0.15, -0.1) is 0 Å². The molecule has 0 saturated heterocycles. The van der Waals surface area contributed by atoms with Gasteiger partial charge < -0.3 is 14.6 Å². The molecule has 7 unspecified atom stereocenters. The van der Waals surface area contributed by atoms with Gasteiger partial charge in [0, 0.05) is 11.3 Å². The summed E-state index contributed by atoms with van der Waals surface area (Å²) in [5, 5.41) is 10.6. The van der Waals surface area contributed by atoms with E-state index in [0.717, 1.165) is 57.7 Å². The van der Waals surface area contributed by atoms with Crippen LogP contribution >= 0.6 is 0 Å². The van der Waals surface area contributed by atoms with Crippen LogP contribution in [0.3, 0.4) is 0 Å². The Bertz CT molecular complexity index is 1170. The first-order valence-corrected chi connectivity index (χ1v) is 17.1. The van der Waals surface area contributed by atoms with E-state index in [9.17, 15) is 19.5 Å². The molecular formula is C37H56O5. The molecule has 6 rings (SSSR count). The Morgan fingerprint density at radius 1 is 0.833 bits per heavy atom. The summed E-state index contributed by atoms with van der Waals surface area (Å²) in [6, 6.07) is 0. The topological polar surface area (TPSA) is 80.7 Å². The van der Waals surface area contributed by atoms with E-state index in [-0.39, 0.29) is 51.5 Å². The van der Waals surface area contributed by atoms with Crippen molar-refractivity contribution in [1.29, 1.82) is 0 Å². The molecule has 42 heavy (non-hydrogen) atoms. The Kier molecular flexibility index (Phi) is 7.00. The fourth-order valence-corrected chi connectivity index (χ4v) is 13.2. The fraction of sp³-hybridized carbons (Fsp3) is 0.865. The summed E-state index contributed by atoms with van der Waals surface area (Å²) in [5.41, 5.74) is 0.611. The van der Waals surface area contributed by atoms with Crippen molar-refractivity contribution in [2.24, 2.45) is 74.4 Å². The largest absolute Gasteiger partial charge is 0.481 e. The number of carboxylic acids is 1. The number of fused-ring (bicyclic) bond motifs is 7. The number of esters is 1. The second-order valence-corrected chi connectivity index (χ2v) is 17.7. The Morgan fingerprint density at radius 3 is 2.12 bits per heavy atom. The molecular weight excluding hydrogens is 524 g/mol. The molecule has 0 aliphatic heterocycles. The lowest BCUT2D eigenvalue weighted by molar-refractivity contribution is -0.227. The molecule has 234 valence electrons. The van der Waals surface area contributed by atoms with Crippen LogP contribution in [-0.4, -0.2) is 29.4 Å². The molecule has 0 radical (unpaired) electrons. The van der Waals surface area contributed by atoms with Gasteiger partial charge in [0.2, 0.25) is 0 Å². The number of carbonyl (C=O) groups excluding carboxylic acids is 2. The second kappa shape index (κ2) is 9.67. The molecule has 6 aliphatic carbocycles. The number of aliphatic carboxylic acids is 1.